The zero-order valence-electron chi connectivity index (χ0n) is 13.6. The predicted molar refractivity (Wildman–Crippen MR) is 96.0 cm³/mol. The van der Waals surface area contributed by atoms with Gasteiger partial charge in [-0.3, -0.25) is 10.1 Å². The molecule has 0 aliphatic heterocycles. The lowest BCUT2D eigenvalue weighted by Crippen LogP contribution is -2.14. The summed E-state index contributed by atoms with van der Waals surface area (Å²) in [6.45, 7) is 0. The molecule has 6 nitrogen and oxygen atoms in total. The largest absolute Gasteiger partial charge is 0.497 e. The van der Waals surface area contributed by atoms with Crippen molar-refractivity contribution in [3.05, 3.63) is 48.2 Å². The van der Waals surface area contributed by atoms with Crippen LogP contribution < -0.4 is 10.1 Å². The zero-order chi connectivity index (χ0) is 19.4. The molecule has 1 amide bonds. The lowest BCUT2D eigenvalue weighted by molar-refractivity contribution is -0.0329. The van der Waals surface area contributed by atoms with Crippen LogP contribution in [0, 0.1) is 0 Å². The number of carbonyl (C=O) groups is 1. The van der Waals surface area contributed by atoms with Gasteiger partial charge in [-0.15, -0.1) is 0 Å². The van der Waals surface area contributed by atoms with Gasteiger partial charge >= 0.3 is 5.51 Å². The monoisotopic (exact) mass is 412 g/mol. The van der Waals surface area contributed by atoms with Crippen molar-refractivity contribution in [2.24, 2.45) is 0 Å². The Kier molecular flexibility index (Phi) is 5.61. The molecule has 0 radical (unpaired) electrons. The first-order chi connectivity index (χ1) is 12.9. The van der Waals surface area contributed by atoms with Crippen LogP contribution in [0.25, 0.3) is 11.4 Å². The summed E-state index contributed by atoms with van der Waals surface area (Å²) in [6, 6.07) is 9.68. The first-order valence-electron chi connectivity index (χ1n) is 7.36. The quantitative estimate of drug-likeness (QED) is 0.623. The number of pyridine rings is 1. The SMILES string of the molecule is COc1cccc(-c2nsc(NC(=O)c3cccnc3SC(F)(F)F)n2)c1. The van der Waals surface area contributed by atoms with Crippen molar-refractivity contribution in [3.63, 3.8) is 0 Å². The Morgan fingerprint density at radius 1 is 1.26 bits per heavy atom. The van der Waals surface area contributed by atoms with Crippen LogP contribution >= 0.6 is 23.3 Å². The number of hydrogen-bond donors (Lipinski definition) is 1. The lowest BCUT2D eigenvalue weighted by atomic mass is 10.2. The van der Waals surface area contributed by atoms with Gasteiger partial charge in [0.25, 0.3) is 5.91 Å². The number of anilines is 1. The summed E-state index contributed by atoms with van der Waals surface area (Å²) in [5.41, 5.74) is -4.06. The summed E-state index contributed by atoms with van der Waals surface area (Å²) in [4.78, 5) is 20.2. The number of nitrogens with zero attached hydrogens (tertiary/aromatic N) is 3. The van der Waals surface area contributed by atoms with Gasteiger partial charge in [0.2, 0.25) is 5.13 Å². The number of amides is 1. The Morgan fingerprint density at radius 3 is 2.81 bits per heavy atom. The van der Waals surface area contributed by atoms with Crippen molar-refractivity contribution in [1.82, 2.24) is 14.3 Å². The van der Waals surface area contributed by atoms with E-state index in [2.05, 4.69) is 19.7 Å². The molecular weight excluding hydrogens is 401 g/mol. The van der Waals surface area contributed by atoms with Crippen LogP contribution in [0.3, 0.4) is 0 Å². The van der Waals surface area contributed by atoms with Crippen molar-refractivity contribution >= 4 is 34.3 Å². The number of halogens is 3. The lowest BCUT2D eigenvalue weighted by Gasteiger charge is -2.09. The molecule has 0 aliphatic carbocycles. The van der Waals surface area contributed by atoms with E-state index in [4.69, 9.17) is 4.74 Å². The topological polar surface area (TPSA) is 77.0 Å². The minimum atomic E-state index is -4.55. The van der Waals surface area contributed by atoms with Gasteiger partial charge in [0.05, 0.1) is 12.7 Å². The van der Waals surface area contributed by atoms with Crippen LogP contribution in [0.15, 0.2) is 47.6 Å². The third-order valence-electron chi connectivity index (χ3n) is 3.20. The Bertz CT molecular complexity index is 963. The number of nitrogens with one attached hydrogen (secondary N) is 1. The predicted octanol–water partition coefficient (Wildman–Crippen LogP) is 4.47. The van der Waals surface area contributed by atoms with Crippen LogP contribution in [0.1, 0.15) is 10.4 Å². The number of hydrogen-bond acceptors (Lipinski definition) is 7. The molecule has 3 rings (SSSR count). The van der Waals surface area contributed by atoms with Crippen molar-refractivity contribution in [2.45, 2.75) is 10.5 Å². The molecule has 140 valence electrons. The molecule has 0 bridgehead atoms. The molecule has 1 N–H and O–H groups in total. The van der Waals surface area contributed by atoms with Gasteiger partial charge in [-0.05, 0) is 24.3 Å². The fourth-order valence-electron chi connectivity index (χ4n) is 2.07. The fourth-order valence-corrected chi connectivity index (χ4v) is 3.26. The van der Waals surface area contributed by atoms with E-state index in [9.17, 15) is 18.0 Å². The molecule has 0 unspecified atom stereocenters. The van der Waals surface area contributed by atoms with Crippen LogP contribution in [0.2, 0.25) is 0 Å². The van der Waals surface area contributed by atoms with Crippen LogP contribution in [-0.2, 0) is 0 Å². The van der Waals surface area contributed by atoms with Crippen LogP contribution in [0.5, 0.6) is 5.75 Å². The van der Waals surface area contributed by atoms with Crippen LogP contribution in [-0.4, -0.2) is 32.9 Å². The van der Waals surface area contributed by atoms with Gasteiger partial charge in [-0.25, -0.2) is 4.98 Å². The smallest absolute Gasteiger partial charge is 0.447 e. The second-order valence-corrected chi connectivity index (χ2v) is 6.82. The van der Waals surface area contributed by atoms with E-state index in [1.54, 1.807) is 24.3 Å². The van der Waals surface area contributed by atoms with Crippen molar-refractivity contribution in [2.75, 3.05) is 12.4 Å². The summed E-state index contributed by atoms with van der Waals surface area (Å²) in [6.07, 6.45) is 1.19. The molecule has 0 saturated carbocycles. The van der Waals surface area contributed by atoms with Crippen molar-refractivity contribution in [3.8, 4) is 17.1 Å². The highest BCUT2D eigenvalue weighted by molar-refractivity contribution is 8.00. The highest BCUT2D eigenvalue weighted by Crippen LogP contribution is 2.37. The minimum Gasteiger partial charge on any atom is -0.497 e. The van der Waals surface area contributed by atoms with Gasteiger partial charge < -0.3 is 4.74 Å². The average molecular weight is 412 g/mol. The first-order valence-corrected chi connectivity index (χ1v) is 8.95. The highest BCUT2D eigenvalue weighted by atomic mass is 32.2. The molecule has 2 heterocycles. The molecule has 0 fully saturated rings. The second kappa shape index (κ2) is 7.92. The van der Waals surface area contributed by atoms with Gasteiger partial charge in [-0.2, -0.15) is 22.5 Å². The van der Waals surface area contributed by atoms with E-state index in [0.29, 0.717) is 17.1 Å². The molecule has 0 atom stereocenters. The molecule has 11 heteroatoms. The Hall–Kier alpha value is -2.66. The van der Waals surface area contributed by atoms with Crippen LogP contribution in [0.4, 0.5) is 18.3 Å². The molecular formula is C16H11F3N4O2S2. The van der Waals surface area contributed by atoms with E-state index in [1.165, 1.54) is 25.4 Å². The van der Waals surface area contributed by atoms with E-state index in [-0.39, 0.29) is 10.7 Å². The van der Waals surface area contributed by atoms with E-state index < -0.39 is 28.2 Å². The number of alkyl halides is 3. The molecule has 2 aromatic heterocycles. The number of rotatable bonds is 5. The molecule has 0 spiro atoms. The number of ether oxygens (including phenoxy) is 1. The zero-order valence-corrected chi connectivity index (χ0v) is 15.3. The molecule has 1 aromatic carbocycles. The number of aromatic nitrogens is 3. The third kappa shape index (κ3) is 4.95. The van der Waals surface area contributed by atoms with Gasteiger partial charge in [0.1, 0.15) is 10.8 Å². The normalized spacial score (nSPS) is 11.3. The maximum atomic E-state index is 12.6. The average Bonchev–Trinajstić information content (AvgIpc) is 3.09. The first kappa shape index (κ1) is 19.1. The Balaban J connectivity index is 1.79. The Morgan fingerprint density at radius 2 is 2.07 bits per heavy atom. The molecule has 3 aromatic rings. The molecule has 27 heavy (non-hydrogen) atoms. The van der Waals surface area contributed by atoms with E-state index in [1.807, 2.05) is 0 Å². The van der Waals surface area contributed by atoms with Gasteiger partial charge in [-0.1, -0.05) is 12.1 Å². The summed E-state index contributed by atoms with van der Waals surface area (Å²) >= 11 is 0.470. The third-order valence-corrected chi connectivity index (χ3v) is 4.58. The summed E-state index contributed by atoms with van der Waals surface area (Å²) in [7, 11) is 1.53. The number of benzene rings is 1. The number of carbonyl (C=O) groups excluding carboxylic acids is 1. The maximum absolute atomic E-state index is 12.6. The second-order valence-electron chi connectivity index (χ2n) is 5.01. The number of thioether (sulfide) groups is 1. The van der Waals surface area contributed by atoms with Crippen molar-refractivity contribution in [1.29, 1.82) is 0 Å². The standard InChI is InChI=1S/C16H11F3N4O2S2/c1-25-10-5-2-4-9(8-10)12-21-15(27-23-12)22-13(24)11-6-3-7-20-14(11)26-16(17,18)19/h2-8H,1H3,(H,21,22,23,24). The number of methoxy groups -OCH3 is 1. The van der Waals surface area contributed by atoms with Gasteiger partial charge in [0.15, 0.2) is 5.82 Å². The van der Waals surface area contributed by atoms with E-state index >= 15 is 0 Å². The maximum Gasteiger partial charge on any atom is 0.447 e. The molecule has 0 saturated heterocycles. The minimum absolute atomic E-state index is 0.157. The van der Waals surface area contributed by atoms with Gasteiger partial charge in [0, 0.05) is 35.1 Å². The summed E-state index contributed by atoms with van der Waals surface area (Å²) in [5.74, 6) is 0.241. The molecule has 0 aliphatic rings. The van der Waals surface area contributed by atoms with Crippen molar-refractivity contribution < 1.29 is 22.7 Å². The fraction of sp³-hybridized carbons (Fsp3) is 0.125. The summed E-state index contributed by atoms with van der Waals surface area (Å²) < 4.78 is 47.2. The Labute approximate surface area is 160 Å². The highest BCUT2D eigenvalue weighted by Gasteiger charge is 2.32. The summed E-state index contributed by atoms with van der Waals surface area (Å²) in [5, 5.41) is 2.18. The van der Waals surface area contributed by atoms with E-state index in [0.717, 1.165) is 11.5 Å².